The molecule has 0 fully saturated rings. The predicted molar refractivity (Wildman–Crippen MR) is 107 cm³/mol. The maximum Gasteiger partial charge on any atom is 0.311 e. The van der Waals surface area contributed by atoms with Gasteiger partial charge in [0.15, 0.2) is 18.2 Å². The average Bonchev–Trinajstić information content (AvgIpc) is 3.20. The zero-order valence-corrected chi connectivity index (χ0v) is 15.9. The molecule has 8 nitrogen and oxygen atoms in total. The summed E-state index contributed by atoms with van der Waals surface area (Å²) in [6.07, 6.45) is 3.49. The number of nitrogens with zero attached hydrogens (tertiary/aromatic N) is 4. The largest absolute Gasteiger partial charge is 0.464 e. The number of para-hydroxylation sites is 2. The van der Waals surface area contributed by atoms with Crippen LogP contribution in [0, 0.1) is 17.0 Å². The van der Waals surface area contributed by atoms with Crippen LogP contribution in [0.5, 0.6) is 5.75 Å². The number of aryl methyl sites for hydroxylation is 2. The van der Waals surface area contributed by atoms with Crippen molar-refractivity contribution in [2.75, 3.05) is 11.4 Å². The molecular formula is C21H20N4O4. The Hall–Kier alpha value is -3.68. The van der Waals surface area contributed by atoms with E-state index in [4.69, 9.17) is 4.74 Å². The number of hydrogen-bond donors (Lipinski definition) is 0. The number of hydrogen-bond acceptors (Lipinski definition) is 5. The lowest BCUT2D eigenvalue weighted by atomic mass is 9.99. The molecule has 0 unspecified atom stereocenters. The second-order valence-electron chi connectivity index (χ2n) is 6.93. The Morgan fingerprint density at radius 3 is 2.90 bits per heavy atom. The highest BCUT2D eigenvalue weighted by atomic mass is 16.6. The van der Waals surface area contributed by atoms with Crippen molar-refractivity contribution in [1.82, 2.24) is 9.78 Å². The minimum absolute atomic E-state index is 0.0338. The third kappa shape index (κ3) is 3.82. The Balaban J connectivity index is 1.49. The number of carbonyl (C=O) groups is 1. The van der Waals surface area contributed by atoms with Gasteiger partial charge in [0.2, 0.25) is 0 Å². The van der Waals surface area contributed by atoms with E-state index < -0.39 is 4.92 Å². The molecule has 1 aliphatic rings. The minimum atomic E-state index is -0.497. The molecule has 0 atom stereocenters. The van der Waals surface area contributed by atoms with Crippen LogP contribution in [0.25, 0.3) is 0 Å². The minimum Gasteiger partial charge on any atom is -0.464 e. The predicted octanol–water partition coefficient (Wildman–Crippen LogP) is 3.73. The highest BCUT2D eigenvalue weighted by Gasteiger charge is 2.25. The second-order valence-corrected chi connectivity index (χ2v) is 6.93. The molecule has 0 aliphatic carbocycles. The lowest BCUT2D eigenvalue weighted by Gasteiger charge is -2.29. The fourth-order valence-corrected chi connectivity index (χ4v) is 3.49. The van der Waals surface area contributed by atoms with Crippen molar-refractivity contribution in [3.63, 3.8) is 0 Å². The first-order valence-corrected chi connectivity index (χ1v) is 9.34. The van der Waals surface area contributed by atoms with Gasteiger partial charge in [0.25, 0.3) is 5.91 Å². The number of carbonyl (C=O) groups excluding carboxylic acids is 1. The maximum atomic E-state index is 13.0. The first-order valence-electron chi connectivity index (χ1n) is 9.34. The number of nitro groups is 1. The number of ether oxygens (including phenoxy) is 1. The van der Waals surface area contributed by atoms with Gasteiger partial charge in [0.05, 0.1) is 4.92 Å². The van der Waals surface area contributed by atoms with E-state index >= 15 is 0 Å². The molecule has 0 saturated carbocycles. The van der Waals surface area contributed by atoms with Crippen molar-refractivity contribution in [2.45, 2.75) is 26.5 Å². The van der Waals surface area contributed by atoms with E-state index in [0.717, 1.165) is 18.5 Å². The van der Waals surface area contributed by atoms with Crippen LogP contribution in [0.2, 0.25) is 0 Å². The summed E-state index contributed by atoms with van der Waals surface area (Å²) in [5, 5.41) is 15.4. The summed E-state index contributed by atoms with van der Waals surface area (Å²) in [6.45, 7) is 2.65. The van der Waals surface area contributed by atoms with Gasteiger partial charge in [0.1, 0.15) is 0 Å². The molecule has 0 spiro atoms. The van der Waals surface area contributed by atoms with E-state index in [2.05, 4.69) is 11.2 Å². The van der Waals surface area contributed by atoms with E-state index in [1.807, 2.05) is 19.1 Å². The lowest BCUT2D eigenvalue weighted by Crippen LogP contribution is -2.35. The number of nitro benzene ring substituents is 1. The Morgan fingerprint density at radius 1 is 1.24 bits per heavy atom. The van der Waals surface area contributed by atoms with Gasteiger partial charge in [-0.15, -0.1) is 0 Å². The molecular weight excluding hydrogens is 372 g/mol. The first-order chi connectivity index (χ1) is 14.0. The summed E-state index contributed by atoms with van der Waals surface area (Å²) in [6, 6.07) is 13.9. The maximum absolute atomic E-state index is 13.0. The Bertz CT molecular complexity index is 1080. The molecule has 8 heteroatoms. The van der Waals surface area contributed by atoms with Gasteiger partial charge >= 0.3 is 5.69 Å². The van der Waals surface area contributed by atoms with Crippen LogP contribution in [0.1, 0.15) is 28.0 Å². The Labute approximate surface area is 167 Å². The van der Waals surface area contributed by atoms with E-state index in [-0.39, 0.29) is 24.1 Å². The van der Waals surface area contributed by atoms with Gasteiger partial charge in [-0.1, -0.05) is 29.8 Å². The number of rotatable bonds is 5. The Morgan fingerprint density at radius 2 is 2.07 bits per heavy atom. The van der Waals surface area contributed by atoms with E-state index in [0.29, 0.717) is 12.2 Å². The summed E-state index contributed by atoms with van der Waals surface area (Å²) >= 11 is 0. The van der Waals surface area contributed by atoms with Gasteiger partial charge in [-0.25, -0.2) is 4.68 Å². The fourth-order valence-electron chi connectivity index (χ4n) is 3.49. The highest BCUT2D eigenvalue weighted by Crippen LogP contribution is 2.29. The van der Waals surface area contributed by atoms with Crippen molar-refractivity contribution < 1.29 is 14.5 Å². The van der Waals surface area contributed by atoms with Gasteiger partial charge in [-0.05, 0) is 43.5 Å². The molecule has 2 heterocycles. The number of fused-ring (bicyclic) bond motifs is 1. The SMILES string of the molecule is Cc1ccc2c(c1)CCCN2C(=O)c1ccn(COc2ccccc2[N+](=O)[O-])n1. The smallest absolute Gasteiger partial charge is 0.311 e. The van der Waals surface area contributed by atoms with Gasteiger partial charge in [-0.3, -0.25) is 14.9 Å². The number of aromatic nitrogens is 2. The van der Waals surface area contributed by atoms with Crippen LogP contribution in [-0.4, -0.2) is 27.2 Å². The lowest BCUT2D eigenvalue weighted by molar-refractivity contribution is -0.386. The number of amides is 1. The van der Waals surface area contributed by atoms with Crippen LogP contribution >= 0.6 is 0 Å². The van der Waals surface area contributed by atoms with Crippen LogP contribution in [0.4, 0.5) is 11.4 Å². The highest BCUT2D eigenvalue weighted by molar-refractivity contribution is 6.05. The van der Waals surface area contributed by atoms with Crippen LogP contribution in [0.3, 0.4) is 0 Å². The molecule has 1 amide bonds. The summed E-state index contributed by atoms with van der Waals surface area (Å²) in [5.41, 5.74) is 3.47. The zero-order valence-electron chi connectivity index (χ0n) is 15.9. The average molecular weight is 392 g/mol. The zero-order chi connectivity index (χ0) is 20.4. The van der Waals surface area contributed by atoms with Crippen molar-refractivity contribution >= 4 is 17.3 Å². The van der Waals surface area contributed by atoms with E-state index in [1.165, 1.54) is 27.9 Å². The van der Waals surface area contributed by atoms with Gasteiger partial charge in [0, 0.05) is 24.5 Å². The molecule has 4 rings (SSSR count). The third-order valence-electron chi connectivity index (χ3n) is 4.87. The molecule has 1 aliphatic heterocycles. The van der Waals surface area contributed by atoms with E-state index in [9.17, 15) is 14.9 Å². The molecule has 3 aromatic rings. The molecule has 148 valence electrons. The van der Waals surface area contributed by atoms with Crippen molar-refractivity contribution in [1.29, 1.82) is 0 Å². The molecule has 2 aromatic carbocycles. The van der Waals surface area contributed by atoms with Gasteiger partial charge in [-0.2, -0.15) is 5.10 Å². The van der Waals surface area contributed by atoms with Crippen molar-refractivity contribution in [2.24, 2.45) is 0 Å². The number of benzene rings is 2. The summed E-state index contributed by atoms with van der Waals surface area (Å²) in [5.74, 6) is -0.0135. The third-order valence-corrected chi connectivity index (χ3v) is 4.87. The molecule has 0 N–H and O–H groups in total. The topological polar surface area (TPSA) is 90.5 Å². The molecule has 0 radical (unpaired) electrons. The van der Waals surface area contributed by atoms with Crippen molar-refractivity contribution in [3.05, 3.63) is 81.7 Å². The van der Waals surface area contributed by atoms with Crippen LogP contribution in [-0.2, 0) is 13.2 Å². The fraction of sp³-hybridized carbons (Fsp3) is 0.238. The molecule has 0 saturated heterocycles. The number of anilines is 1. The standard InChI is InChI=1S/C21H20N4O4/c1-15-8-9-18-16(13-15)5-4-11-24(18)21(26)17-10-12-23(22-17)14-29-20-7-3-2-6-19(20)25(27)28/h2-3,6-10,12-13H,4-5,11,14H2,1H3. The molecule has 1 aromatic heterocycles. The quantitative estimate of drug-likeness (QED) is 0.487. The molecule has 0 bridgehead atoms. The van der Waals surface area contributed by atoms with Crippen molar-refractivity contribution in [3.8, 4) is 5.75 Å². The Kier molecular flexibility index (Phi) is 4.99. The van der Waals surface area contributed by atoms with Crippen LogP contribution < -0.4 is 9.64 Å². The first kappa shape index (κ1) is 18.7. The summed E-state index contributed by atoms with van der Waals surface area (Å²) < 4.78 is 6.97. The monoisotopic (exact) mass is 392 g/mol. The molecule has 29 heavy (non-hydrogen) atoms. The van der Waals surface area contributed by atoms with Crippen LogP contribution in [0.15, 0.2) is 54.7 Å². The normalized spacial score (nSPS) is 13.1. The van der Waals surface area contributed by atoms with Gasteiger partial charge < -0.3 is 9.64 Å². The second kappa shape index (κ2) is 7.75. The summed E-state index contributed by atoms with van der Waals surface area (Å²) in [4.78, 5) is 25.3. The van der Waals surface area contributed by atoms with E-state index in [1.54, 1.807) is 29.3 Å². The summed E-state index contributed by atoms with van der Waals surface area (Å²) in [7, 11) is 0.